The summed E-state index contributed by atoms with van der Waals surface area (Å²) >= 11 is 0. The molecule has 6 heteroatoms. The number of hydrogen-bond acceptors (Lipinski definition) is 6. The SMILES string of the molecule is CC/C=C\C/C=C\C/C=C\C/C=C\C/C=C\CC(=O)OCC(COC(=O)CCCCCCCCCCCCCCCCC/C=C\CCCCCCCCCC)OC(=O)CCCCCCCCC/C=C\CCCCCCCCC. The van der Waals surface area contributed by atoms with E-state index < -0.39 is 12.1 Å². The number of esters is 3. The number of carbonyl (C=O) groups excluding carboxylic acids is 3. The molecule has 0 aromatic heterocycles. The van der Waals surface area contributed by atoms with Gasteiger partial charge in [-0.1, -0.05) is 305 Å². The summed E-state index contributed by atoms with van der Waals surface area (Å²) in [5.41, 5.74) is 0. The first-order chi connectivity index (χ1) is 38.5. The molecule has 0 aromatic carbocycles. The normalized spacial score (nSPS) is 12.6. The number of hydrogen-bond donors (Lipinski definition) is 0. The fourth-order valence-corrected chi connectivity index (χ4v) is 9.63. The smallest absolute Gasteiger partial charge is 0.309 e. The third-order valence-corrected chi connectivity index (χ3v) is 14.6. The summed E-state index contributed by atoms with van der Waals surface area (Å²) in [6.07, 6.45) is 87.8. The highest BCUT2D eigenvalue weighted by Gasteiger charge is 2.19. The van der Waals surface area contributed by atoms with E-state index in [-0.39, 0.29) is 31.6 Å². The highest BCUT2D eigenvalue weighted by Crippen LogP contribution is 2.17. The first-order valence-electron chi connectivity index (χ1n) is 33.6. The lowest BCUT2D eigenvalue weighted by atomic mass is 10.0. The molecule has 0 aliphatic carbocycles. The fourth-order valence-electron chi connectivity index (χ4n) is 9.63. The molecule has 0 saturated heterocycles. The Bertz CT molecular complexity index is 1480. The van der Waals surface area contributed by atoms with Gasteiger partial charge < -0.3 is 14.2 Å². The lowest BCUT2D eigenvalue weighted by molar-refractivity contribution is -0.166. The highest BCUT2D eigenvalue weighted by atomic mass is 16.6. The predicted molar refractivity (Wildman–Crippen MR) is 339 cm³/mol. The van der Waals surface area contributed by atoms with Gasteiger partial charge in [-0.3, -0.25) is 14.4 Å². The van der Waals surface area contributed by atoms with Crippen LogP contribution in [0.2, 0.25) is 0 Å². The van der Waals surface area contributed by atoms with E-state index in [9.17, 15) is 14.4 Å². The van der Waals surface area contributed by atoms with Gasteiger partial charge >= 0.3 is 17.9 Å². The first-order valence-corrected chi connectivity index (χ1v) is 33.6. The van der Waals surface area contributed by atoms with Crippen molar-refractivity contribution in [2.45, 2.75) is 341 Å². The van der Waals surface area contributed by atoms with E-state index in [0.717, 1.165) is 70.6 Å². The molecule has 0 radical (unpaired) electrons. The molecule has 78 heavy (non-hydrogen) atoms. The van der Waals surface area contributed by atoms with Crippen molar-refractivity contribution in [3.05, 3.63) is 85.1 Å². The van der Waals surface area contributed by atoms with Gasteiger partial charge in [-0.25, -0.2) is 0 Å². The molecular weight excluding hydrogens is 961 g/mol. The Morgan fingerprint density at radius 3 is 0.885 bits per heavy atom. The Kier molecular flexibility index (Phi) is 63.2. The lowest BCUT2D eigenvalue weighted by Gasteiger charge is -2.18. The van der Waals surface area contributed by atoms with Gasteiger partial charge in [0.2, 0.25) is 0 Å². The summed E-state index contributed by atoms with van der Waals surface area (Å²) in [6.45, 7) is 6.47. The summed E-state index contributed by atoms with van der Waals surface area (Å²) in [6, 6.07) is 0. The van der Waals surface area contributed by atoms with E-state index in [1.54, 1.807) is 6.08 Å². The van der Waals surface area contributed by atoms with E-state index in [1.165, 1.54) is 225 Å². The maximum atomic E-state index is 12.9. The summed E-state index contributed by atoms with van der Waals surface area (Å²) < 4.78 is 16.8. The Labute approximate surface area is 484 Å². The van der Waals surface area contributed by atoms with Crippen LogP contribution < -0.4 is 0 Å². The van der Waals surface area contributed by atoms with Gasteiger partial charge in [-0.2, -0.15) is 0 Å². The van der Waals surface area contributed by atoms with E-state index in [4.69, 9.17) is 14.2 Å². The van der Waals surface area contributed by atoms with Gasteiger partial charge in [0.1, 0.15) is 13.2 Å². The van der Waals surface area contributed by atoms with E-state index in [1.807, 2.05) is 6.08 Å². The molecule has 0 bridgehead atoms. The fraction of sp³-hybridized carbons (Fsp3) is 0.764. The molecular formula is C72H126O6. The van der Waals surface area contributed by atoms with Crippen LogP contribution in [-0.4, -0.2) is 37.2 Å². The molecule has 0 aliphatic heterocycles. The Balaban J connectivity index is 4.33. The van der Waals surface area contributed by atoms with Crippen LogP contribution in [0, 0.1) is 0 Å². The Morgan fingerprint density at radius 1 is 0.282 bits per heavy atom. The number of rotatable bonds is 61. The van der Waals surface area contributed by atoms with Gasteiger partial charge in [0.25, 0.3) is 0 Å². The second-order valence-corrected chi connectivity index (χ2v) is 22.4. The van der Waals surface area contributed by atoms with Crippen LogP contribution in [0.4, 0.5) is 0 Å². The standard InChI is InChI=1S/C72H126O6/c1-4-7-10-13-16-19-22-25-28-30-32-33-34-35-36-37-38-39-40-42-44-47-50-53-56-59-62-65-71(74)77-68-69(67-76-70(73)64-61-58-55-52-49-46-43-27-24-21-18-15-12-9-6-3)78-72(75)66-63-60-57-54-51-48-45-41-31-29-26-23-20-17-14-11-8-5-2/h9,12,18,21,27,29-32,43,49,52,58,61,69H,4-8,10-11,13-17,19-20,22-26,28,33-42,44-48,50-51,53-57,59-60,62-68H2,1-3H3/b12-9-,21-18-,31-29-,32-30-,43-27-,52-49-,61-58-. The molecule has 0 fully saturated rings. The average Bonchev–Trinajstić information content (AvgIpc) is 3.44. The van der Waals surface area contributed by atoms with Crippen molar-refractivity contribution in [2.75, 3.05) is 13.2 Å². The van der Waals surface area contributed by atoms with Crippen molar-refractivity contribution in [3.63, 3.8) is 0 Å². The minimum absolute atomic E-state index is 0.106. The average molecular weight is 1090 g/mol. The van der Waals surface area contributed by atoms with E-state index in [0.29, 0.717) is 12.8 Å². The highest BCUT2D eigenvalue weighted by molar-refractivity contribution is 5.72. The van der Waals surface area contributed by atoms with Crippen LogP contribution in [0.25, 0.3) is 0 Å². The maximum Gasteiger partial charge on any atom is 0.309 e. The van der Waals surface area contributed by atoms with Crippen molar-refractivity contribution < 1.29 is 28.6 Å². The van der Waals surface area contributed by atoms with Crippen molar-refractivity contribution in [3.8, 4) is 0 Å². The second kappa shape index (κ2) is 66.1. The lowest BCUT2D eigenvalue weighted by Crippen LogP contribution is -2.30. The van der Waals surface area contributed by atoms with Gasteiger partial charge in [-0.15, -0.1) is 0 Å². The number of allylic oxidation sites excluding steroid dienone is 13. The zero-order chi connectivity index (χ0) is 56.4. The molecule has 6 nitrogen and oxygen atoms in total. The van der Waals surface area contributed by atoms with E-state index in [2.05, 4.69) is 93.7 Å². The molecule has 0 aliphatic rings. The molecule has 0 spiro atoms. The molecule has 450 valence electrons. The molecule has 1 unspecified atom stereocenters. The molecule has 0 amide bonds. The quantitative estimate of drug-likeness (QED) is 0.0261. The molecule has 0 heterocycles. The van der Waals surface area contributed by atoms with Gasteiger partial charge in [0, 0.05) is 12.8 Å². The Hall–Kier alpha value is -3.41. The molecule has 0 saturated carbocycles. The van der Waals surface area contributed by atoms with Crippen molar-refractivity contribution >= 4 is 17.9 Å². The van der Waals surface area contributed by atoms with Gasteiger partial charge in [-0.05, 0) is 96.3 Å². The van der Waals surface area contributed by atoms with Crippen LogP contribution in [0.15, 0.2) is 85.1 Å². The van der Waals surface area contributed by atoms with Crippen LogP contribution in [0.5, 0.6) is 0 Å². The molecule has 0 N–H and O–H groups in total. The van der Waals surface area contributed by atoms with Crippen molar-refractivity contribution in [1.82, 2.24) is 0 Å². The molecule has 1 atom stereocenters. The van der Waals surface area contributed by atoms with Crippen LogP contribution in [0.3, 0.4) is 0 Å². The monoisotopic (exact) mass is 1090 g/mol. The summed E-state index contributed by atoms with van der Waals surface area (Å²) in [7, 11) is 0. The predicted octanol–water partition coefficient (Wildman–Crippen LogP) is 23.1. The number of ether oxygens (including phenoxy) is 3. The van der Waals surface area contributed by atoms with Gasteiger partial charge in [0.05, 0.1) is 6.42 Å². The zero-order valence-electron chi connectivity index (χ0n) is 51.7. The summed E-state index contributed by atoms with van der Waals surface area (Å²) in [4.78, 5) is 38.3. The topological polar surface area (TPSA) is 78.9 Å². The van der Waals surface area contributed by atoms with Crippen molar-refractivity contribution in [1.29, 1.82) is 0 Å². The number of unbranched alkanes of at least 4 members (excludes halogenated alkanes) is 37. The first kappa shape index (κ1) is 74.6. The van der Waals surface area contributed by atoms with Crippen LogP contribution in [-0.2, 0) is 28.6 Å². The second-order valence-electron chi connectivity index (χ2n) is 22.4. The summed E-state index contributed by atoms with van der Waals surface area (Å²) in [5, 5.41) is 0. The summed E-state index contributed by atoms with van der Waals surface area (Å²) in [5.74, 6) is -1.03. The third-order valence-electron chi connectivity index (χ3n) is 14.6. The van der Waals surface area contributed by atoms with Crippen LogP contribution in [0.1, 0.15) is 335 Å². The maximum absolute atomic E-state index is 12.9. The van der Waals surface area contributed by atoms with Crippen molar-refractivity contribution in [2.24, 2.45) is 0 Å². The molecule has 0 aromatic rings. The third kappa shape index (κ3) is 63.4. The van der Waals surface area contributed by atoms with E-state index >= 15 is 0 Å². The largest absolute Gasteiger partial charge is 0.462 e. The van der Waals surface area contributed by atoms with Crippen LogP contribution >= 0.6 is 0 Å². The van der Waals surface area contributed by atoms with Gasteiger partial charge in [0.15, 0.2) is 6.10 Å². The molecule has 0 rings (SSSR count). The Morgan fingerprint density at radius 2 is 0.551 bits per heavy atom. The minimum atomic E-state index is -0.819. The minimum Gasteiger partial charge on any atom is -0.462 e. The zero-order valence-corrected chi connectivity index (χ0v) is 51.7. The number of carbonyl (C=O) groups is 3.